The zero-order valence-electron chi connectivity index (χ0n) is 13.1. The number of ether oxygens (including phenoxy) is 1. The van der Waals surface area contributed by atoms with E-state index in [9.17, 15) is 9.59 Å². The van der Waals surface area contributed by atoms with Crippen molar-refractivity contribution in [1.29, 1.82) is 0 Å². The molecule has 0 radical (unpaired) electrons. The number of ketones is 1. The average molecular weight is 316 g/mol. The molecule has 2 aliphatic rings. The van der Waals surface area contributed by atoms with Gasteiger partial charge in [0, 0.05) is 29.2 Å². The number of carbonyl (C=O) groups excluding carboxylic acids is 2. The van der Waals surface area contributed by atoms with Crippen molar-refractivity contribution in [3.8, 4) is 0 Å². The van der Waals surface area contributed by atoms with Gasteiger partial charge in [-0.2, -0.15) is 0 Å². The molecule has 1 atom stereocenters. The van der Waals surface area contributed by atoms with Crippen LogP contribution in [0.1, 0.15) is 44.6 Å². The summed E-state index contributed by atoms with van der Waals surface area (Å²) in [7, 11) is 0. The van der Waals surface area contributed by atoms with Crippen LogP contribution < -0.4 is 0 Å². The Labute approximate surface area is 135 Å². The molecule has 0 amide bonds. The van der Waals surface area contributed by atoms with E-state index in [-0.39, 0.29) is 29.5 Å². The van der Waals surface area contributed by atoms with Crippen molar-refractivity contribution in [2.24, 2.45) is 5.41 Å². The van der Waals surface area contributed by atoms with Crippen LogP contribution in [-0.2, 0) is 14.3 Å². The fourth-order valence-electron chi connectivity index (χ4n) is 3.33. The third-order valence-corrected chi connectivity index (χ3v) is 5.10. The fraction of sp³-hybridized carbons (Fsp3) is 0.444. The van der Waals surface area contributed by atoms with Gasteiger partial charge in [0.1, 0.15) is 5.76 Å². The maximum absolute atomic E-state index is 12.6. The van der Waals surface area contributed by atoms with E-state index in [4.69, 9.17) is 4.74 Å². The van der Waals surface area contributed by atoms with E-state index in [0.29, 0.717) is 18.6 Å². The first-order valence-corrected chi connectivity index (χ1v) is 8.73. The van der Waals surface area contributed by atoms with Crippen LogP contribution in [0.15, 0.2) is 40.5 Å². The number of thioether (sulfide) groups is 1. The number of carbonyl (C=O) groups is 2. The Balaban J connectivity index is 2.02. The molecule has 0 saturated carbocycles. The molecule has 0 aromatic heterocycles. The zero-order chi connectivity index (χ0) is 15.9. The van der Waals surface area contributed by atoms with Crippen LogP contribution >= 0.6 is 11.8 Å². The van der Waals surface area contributed by atoms with Gasteiger partial charge in [-0.05, 0) is 29.4 Å². The SMILES string of the molecule is CSc1ccc([C@H]2CC(=O)OC3=C2C(=O)CC(C)(C)C3)cc1. The molecule has 4 heteroatoms. The highest BCUT2D eigenvalue weighted by Crippen LogP contribution is 2.45. The van der Waals surface area contributed by atoms with Crippen molar-refractivity contribution < 1.29 is 14.3 Å². The highest BCUT2D eigenvalue weighted by molar-refractivity contribution is 7.98. The van der Waals surface area contributed by atoms with E-state index >= 15 is 0 Å². The molecular weight excluding hydrogens is 296 g/mol. The van der Waals surface area contributed by atoms with Crippen molar-refractivity contribution in [2.75, 3.05) is 6.26 Å². The van der Waals surface area contributed by atoms with Gasteiger partial charge in [-0.25, -0.2) is 0 Å². The number of benzene rings is 1. The van der Waals surface area contributed by atoms with Crippen molar-refractivity contribution in [2.45, 2.75) is 43.9 Å². The van der Waals surface area contributed by atoms with Crippen molar-refractivity contribution in [3.63, 3.8) is 0 Å². The smallest absolute Gasteiger partial charge is 0.311 e. The van der Waals surface area contributed by atoms with Crippen LogP contribution in [0.2, 0.25) is 0 Å². The fourth-order valence-corrected chi connectivity index (χ4v) is 3.73. The Morgan fingerprint density at radius 3 is 2.45 bits per heavy atom. The molecule has 1 heterocycles. The standard InChI is InChI=1S/C18H20O3S/c1-18(2)9-14(19)17-13(8-16(20)21-15(17)10-18)11-4-6-12(22-3)7-5-11/h4-7,13H,8-10H2,1-3H3/t13-/m1/s1. The molecular formula is C18H20O3S. The summed E-state index contributed by atoms with van der Waals surface area (Å²) >= 11 is 1.68. The van der Waals surface area contributed by atoms with Crippen molar-refractivity contribution >= 4 is 23.5 Å². The van der Waals surface area contributed by atoms with Crippen LogP contribution in [-0.4, -0.2) is 18.0 Å². The summed E-state index contributed by atoms with van der Waals surface area (Å²) in [5, 5.41) is 0. The minimum Gasteiger partial charge on any atom is -0.431 e. The number of hydrogen-bond acceptors (Lipinski definition) is 4. The molecule has 1 aliphatic carbocycles. The number of rotatable bonds is 2. The van der Waals surface area contributed by atoms with Gasteiger partial charge in [0.15, 0.2) is 5.78 Å². The Bertz CT molecular complexity index is 655. The van der Waals surface area contributed by atoms with E-state index in [1.54, 1.807) is 11.8 Å². The minimum atomic E-state index is -0.233. The van der Waals surface area contributed by atoms with Gasteiger partial charge < -0.3 is 4.74 Å². The molecule has 1 aliphatic heterocycles. The van der Waals surface area contributed by atoms with Crippen LogP contribution in [0, 0.1) is 5.41 Å². The molecule has 0 bridgehead atoms. The lowest BCUT2D eigenvalue weighted by Gasteiger charge is -2.36. The monoisotopic (exact) mass is 316 g/mol. The lowest BCUT2D eigenvalue weighted by atomic mass is 9.71. The van der Waals surface area contributed by atoms with Gasteiger partial charge in [-0.3, -0.25) is 9.59 Å². The normalized spacial score (nSPS) is 24.0. The Morgan fingerprint density at radius 2 is 1.82 bits per heavy atom. The van der Waals surface area contributed by atoms with Gasteiger partial charge in [0.2, 0.25) is 0 Å². The molecule has 0 unspecified atom stereocenters. The minimum absolute atomic E-state index is 0.123. The number of Topliss-reactive ketones (excluding diaryl/α,β-unsaturated/α-hetero) is 1. The van der Waals surface area contributed by atoms with Gasteiger partial charge in [0.25, 0.3) is 0 Å². The third-order valence-electron chi connectivity index (χ3n) is 4.35. The molecule has 1 aromatic rings. The average Bonchev–Trinajstić information content (AvgIpc) is 2.44. The summed E-state index contributed by atoms with van der Waals surface area (Å²) in [5.41, 5.74) is 1.60. The number of hydrogen-bond donors (Lipinski definition) is 0. The molecule has 0 fully saturated rings. The summed E-state index contributed by atoms with van der Waals surface area (Å²) in [6, 6.07) is 8.12. The zero-order valence-corrected chi connectivity index (χ0v) is 14.0. The summed E-state index contributed by atoms with van der Waals surface area (Å²) in [6.07, 6.45) is 3.45. The molecule has 0 spiro atoms. The highest BCUT2D eigenvalue weighted by atomic mass is 32.2. The van der Waals surface area contributed by atoms with Crippen LogP contribution in [0.5, 0.6) is 0 Å². The van der Waals surface area contributed by atoms with E-state index in [0.717, 1.165) is 11.1 Å². The Hall–Kier alpha value is -1.55. The van der Waals surface area contributed by atoms with Crippen LogP contribution in [0.3, 0.4) is 0 Å². The summed E-state index contributed by atoms with van der Waals surface area (Å²) in [4.78, 5) is 25.7. The van der Waals surface area contributed by atoms with Crippen LogP contribution in [0.25, 0.3) is 0 Å². The van der Waals surface area contributed by atoms with E-state index in [1.807, 2.05) is 44.4 Å². The van der Waals surface area contributed by atoms with E-state index in [1.165, 1.54) is 4.90 Å². The summed E-state index contributed by atoms with van der Waals surface area (Å²) < 4.78 is 5.41. The highest BCUT2D eigenvalue weighted by Gasteiger charge is 2.41. The lowest BCUT2D eigenvalue weighted by Crippen LogP contribution is -2.33. The van der Waals surface area contributed by atoms with Gasteiger partial charge in [0.05, 0.1) is 6.42 Å². The van der Waals surface area contributed by atoms with E-state index < -0.39 is 0 Å². The second kappa shape index (κ2) is 5.58. The topological polar surface area (TPSA) is 43.4 Å². The predicted octanol–water partition coefficient (Wildman–Crippen LogP) is 4.08. The molecule has 3 rings (SSSR count). The van der Waals surface area contributed by atoms with Gasteiger partial charge >= 0.3 is 5.97 Å². The molecule has 116 valence electrons. The largest absolute Gasteiger partial charge is 0.431 e. The second-order valence-corrected chi connectivity index (χ2v) is 7.66. The van der Waals surface area contributed by atoms with Crippen LogP contribution in [0.4, 0.5) is 0 Å². The Morgan fingerprint density at radius 1 is 1.14 bits per heavy atom. The second-order valence-electron chi connectivity index (χ2n) is 6.78. The first-order chi connectivity index (χ1) is 10.4. The predicted molar refractivity (Wildman–Crippen MR) is 86.7 cm³/mol. The third kappa shape index (κ3) is 2.84. The molecule has 22 heavy (non-hydrogen) atoms. The van der Waals surface area contributed by atoms with Gasteiger partial charge in [-0.1, -0.05) is 26.0 Å². The maximum Gasteiger partial charge on any atom is 0.311 e. The summed E-state index contributed by atoms with van der Waals surface area (Å²) in [6.45, 7) is 4.08. The maximum atomic E-state index is 12.6. The number of esters is 1. The molecule has 0 N–H and O–H groups in total. The molecule has 3 nitrogen and oxygen atoms in total. The van der Waals surface area contributed by atoms with Gasteiger partial charge in [-0.15, -0.1) is 11.8 Å². The quantitative estimate of drug-likeness (QED) is 0.609. The molecule has 1 aromatic carbocycles. The first-order valence-electron chi connectivity index (χ1n) is 7.50. The lowest BCUT2D eigenvalue weighted by molar-refractivity contribution is -0.142. The van der Waals surface area contributed by atoms with E-state index in [2.05, 4.69) is 0 Å². The Kier molecular flexibility index (Phi) is 3.89. The van der Waals surface area contributed by atoms with Crippen molar-refractivity contribution in [3.05, 3.63) is 41.2 Å². The number of allylic oxidation sites excluding steroid dienone is 2. The summed E-state index contributed by atoms with van der Waals surface area (Å²) in [5.74, 6) is 0.327. The first kappa shape index (κ1) is 15.3. The van der Waals surface area contributed by atoms with Crippen molar-refractivity contribution in [1.82, 2.24) is 0 Å². The molecule has 0 saturated heterocycles.